The number of benzene rings is 3. The summed E-state index contributed by atoms with van der Waals surface area (Å²) >= 11 is 2.80. The van der Waals surface area contributed by atoms with Crippen LogP contribution in [0.15, 0.2) is 108 Å². The fourth-order valence-corrected chi connectivity index (χ4v) is 7.30. The summed E-state index contributed by atoms with van der Waals surface area (Å²) in [5.41, 5.74) is -0.462. The van der Waals surface area contributed by atoms with Gasteiger partial charge < -0.3 is 36.0 Å². The summed E-state index contributed by atoms with van der Waals surface area (Å²) in [5.74, 6) is -1.66. The van der Waals surface area contributed by atoms with Crippen LogP contribution < -0.4 is 16.2 Å². The molecule has 7 N–H and O–H groups in total. The van der Waals surface area contributed by atoms with Gasteiger partial charge in [0.25, 0.3) is 5.91 Å². The average Bonchev–Trinajstić information content (AvgIpc) is 3.78. The number of aromatic nitrogens is 1. The molecular weight excluding hydrogens is 651 g/mol. The van der Waals surface area contributed by atoms with Gasteiger partial charge >= 0.3 is 5.97 Å². The summed E-state index contributed by atoms with van der Waals surface area (Å²) < 4.78 is 0. The molecule has 3 aromatic carbocycles. The van der Waals surface area contributed by atoms with Crippen LogP contribution in [-0.4, -0.2) is 43.8 Å². The minimum absolute atomic E-state index is 0.0731. The predicted octanol–water partition coefficient (Wildman–Crippen LogP) is 5.10. The lowest BCUT2D eigenvalue weighted by atomic mass is 9.85. The van der Waals surface area contributed by atoms with Crippen molar-refractivity contribution in [1.82, 2.24) is 15.6 Å². The molecule has 0 bridgehead atoms. The SMILES string of the molecule is O=C(NCc1ccc(-c2cccc(C(O)(C(=O)O)c3ccccc3)c2)s1)c1ccc(CNCC(O)c2ccc(O)c3[nH]c(=O)ccc23)s1. The molecule has 1 amide bonds. The van der Waals surface area contributed by atoms with E-state index in [1.807, 2.05) is 24.3 Å². The summed E-state index contributed by atoms with van der Waals surface area (Å²) in [6.45, 7) is 0.941. The number of carbonyl (C=O) groups excluding carboxylic acids is 1. The summed E-state index contributed by atoms with van der Waals surface area (Å²) in [5, 5.41) is 48.8. The molecule has 6 rings (SSSR count). The van der Waals surface area contributed by atoms with Gasteiger partial charge in [-0.1, -0.05) is 54.6 Å². The number of aliphatic hydroxyl groups is 2. The van der Waals surface area contributed by atoms with Crippen molar-refractivity contribution in [2.45, 2.75) is 24.8 Å². The van der Waals surface area contributed by atoms with Gasteiger partial charge in [-0.05, 0) is 59.2 Å². The van der Waals surface area contributed by atoms with Crippen LogP contribution >= 0.6 is 22.7 Å². The molecule has 0 saturated heterocycles. The highest BCUT2D eigenvalue weighted by atomic mass is 32.1. The number of rotatable bonds is 12. The van der Waals surface area contributed by atoms with Crippen LogP contribution in [0.25, 0.3) is 21.3 Å². The number of nitrogens with one attached hydrogen (secondary N) is 3. The van der Waals surface area contributed by atoms with Crippen molar-refractivity contribution in [2.24, 2.45) is 0 Å². The van der Waals surface area contributed by atoms with E-state index in [-0.39, 0.29) is 40.4 Å². The number of phenols is 1. The quantitative estimate of drug-likeness (QED) is 0.0936. The molecule has 2 unspecified atom stereocenters. The fourth-order valence-electron chi connectivity index (χ4n) is 5.46. The van der Waals surface area contributed by atoms with Crippen LogP contribution in [0.4, 0.5) is 0 Å². The molecule has 0 fully saturated rings. The van der Waals surface area contributed by atoms with E-state index in [2.05, 4.69) is 15.6 Å². The Bertz CT molecular complexity index is 2160. The maximum Gasteiger partial charge on any atom is 0.345 e. The third kappa shape index (κ3) is 6.79. The number of hydrogen-bond acceptors (Lipinski definition) is 9. The van der Waals surface area contributed by atoms with E-state index in [9.17, 15) is 34.8 Å². The van der Waals surface area contributed by atoms with Gasteiger partial charge in [-0.15, -0.1) is 22.7 Å². The van der Waals surface area contributed by atoms with Crippen molar-refractivity contribution in [2.75, 3.05) is 6.54 Å². The summed E-state index contributed by atoms with van der Waals surface area (Å²) in [7, 11) is 0. The number of carbonyl (C=O) groups is 2. The Kier molecular flexibility index (Phi) is 9.53. The Morgan fingerprint density at radius 2 is 1.58 bits per heavy atom. The standard InChI is InChI=1S/C36H31N3O7S2/c40-28-13-11-26(27-12-16-32(42)39-33(27)28)29(41)20-37-18-24-10-15-31(48-24)34(43)38-19-25-9-14-30(47-25)21-5-4-8-23(17-21)36(46,35(44)45)22-6-2-1-3-7-22/h1-17,29,37,40-41,46H,18-20H2,(H,38,43)(H,39,42)(H,44,45). The second-order valence-electron chi connectivity index (χ2n) is 11.1. The zero-order valence-corrected chi connectivity index (χ0v) is 27.0. The molecule has 0 aliphatic carbocycles. The Morgan fingerprint density at radius 3 is 2.38 bits per heavy atom. The summed E-state index contributed by atoms with van der Waals surface area (Å²) in [6.07, 6.45) is -0.896. The van der Waals surface area contributed by atoms with Crippen LogP contribution in [0.1, 0.15) is 42.2 Å². The normalized spacial score (nSPS) is 13.2. The van der Waals surface area contributed by atoms with E-state index in [1.54, 1.807) is 66.7 Å². The Morgan fingerprint density at radius 1 is 0.833 bits per heavy atom. The number of aromatic amines is 1. The molecule has 0 aliphatic heterocycles. The lowest BCUT2D eigenvalue weighted by Crippen LogP contribution is -2.36. The number of aliphatic hydroxyl groups excluding tert-OH is 1. The maximum absolute atomic E-state index is 12.9. The van der Waals surface area contributed by atoms with Gasteiger partial charge in [0.05, 0.1) is 23.0 Å². The number of hydrogen-bond donors (Lipinski definition) is 7. The van der Waals surface area contributed by atoms with Gasteiger partial charge in [0.15, 0.2) is 0 Å². The minimum Gasteiger partial charge on any atom is -0.506 e. The molecule has 6 aromatic rings. The Balaban J connectivity index is 1.04. The third-order valence-corrected chi connectivity index (χ3v) is 10.2. The number of carboxylic acid groups (broad SMARTS) is 1. The second-order valence-corrected chi connectivity index (χ2v) is 13.4. The molecule has 10 nitrogen and oxygen atoms in total. The molecular formula is C36H31N3O7S2. The van der Waals surface area contributed by atoms with Gasteiger partial charge in [-0.2, -0.15) is 0 Å². The lowest BCUT2D eigenvalue weighted by Gasteiger charge is -2.25. The number of thiophene rings is 2. The molecule has 3 aromatic heterocycles. The number of carboxylic acids is 1. The van der Waals surface area contributed by atoms with Crippen molar-refractivity contribution in [1.29, 1.82) is 0 Å². The molecule has 3 heterocycles. The molecule has 244 valence electrons. The summed E-state index contributed by atoms with van der Waals surface area (Å²) in [4.78, 5) is 42.6. The third-order valence-electron chi connectivity index (χ3n) is 7.94. The van der Waals surface area contributed by atoms with Crippen LogP contribution in [0.3, 0.4) is 0 Å². The van der Waals surface area contributed by atoms with E-state index in [4.69, 9.17) is 0 Å². The molecule has 48 heavy (non-hydrogen) atoms. The predicted molar refractivity (Wildman–Crippen MR) is 185 cm³/mol. The van der Waals surface area contributed by atoms with Gasteiger partial charge in [0.1, 0.15) is 5.75 Å². The summed E-state index contributed by atoms with van der Waals surface area (Å²) in [6, 6.07) is 28.5. The first-order chi connectivity index (χ1) is 23.1. The number of pyridine rings is 1. The van der Waals surface area contributed by atoms with Gasteiger partial charge in [-0.25, -0.2) is 4.79 Å². The van der Waals surface area contributed by atoms with Crippen molar-refractivity contribution in [3.8, 4) is 16.2 Å². The smallest absolute Gasteiger partial charge is 0.345 e. The van der Waals surface area contributed by atoms with E-state index in [1.165, 1.54) is 34.8 Å². The first-order valence-electron chi connectivity index (χ1n) is 14.9. The van der Waals surface area contributed by atoms with Crippen molar-refractivity contribution >= 4 is 45.5 Å². The number of phenolic OH excluding ortho intramolecular Hbond substituents is 1. The molecule has 0 radical (unpaired) electrons. The van der Waals surface area contributed by atoms with Crippen molar-refractivity contribution < 1.29 is 30.0 Å². The topological polar surface area (TPSA) is 172 Å². The monoisotopic (exact) mass is 681 g/mol. The fraction of sp³-hybridized carbons (Fsp3) is 0.139. The number of aliphatic carboxylic acids is 1. The zero-order chi connectivity index (χ0) is 33.8. The maximum atomic E-state index is 12.9. The number of aromatic hydroxyl groups is 1. The Labute approximate surface area is 282 Å². The van der Waals surface area contributed by atoms with E-state index >= 15 is 0 Å². The van der Waals surface area contributed by atoms with E-state index in [0.717, 1.165) is 20.2 Å². The molecule has 12 heteroatoms. The zero-order valence-electron chi connectivity index (χ0n) is 25.3. The second kappa shape index (κ2) is 13.9. The lowest BCUT2D eigenvalue weighted by molar-refractivity contribution is -0.155. The van der Waals surface area contributed by atoms with Crippen LogP contribution in [0.5, 0.6) is 5.75 Å². The highest BCUT2D eigenvalue weighted by molar-refractivity contribution is 7.15. The highest BCUT2D eigenvalue weighted by Crippen LogP contribution is 2.35. The first kappa shape index (κ1) is 32.8. The van der Waals surface area contributed by atoms with Gasteiger partial charge in [0.2, 0.25) is 11.2 Å². The van der Waals surface area contributed by atoms with Crippen LogP contribution in [0, 0.1) is 0 Å². The Hall–Kier alpha value is -5.11. The van der Waals surface area contributed by atoms with Crippen LogP contribution in [-0.2, 0) is 23.5 Å². The molecule has 0 aliphatic rings. The molecule has 0 saturated carbocycles. The number of amides is 1. The van der Waals surface area contributed by atoms with Crippen LogP contribution in [0.2, 0.25) is 0 Å². The number of H-pyrrole nitrogens is 1. The van der Waals surface area contributed by atoms with Gasteiger partial charge in [-0.3, -0.25) is 9.59 Å². The minimum atomic E-state index is -2.20. The van der Waals surface area contributed by atoms with Crippen molar-refractivity contribution in [3.05, 3.63) is 145 Å². The molecule has 2 atom stereocenters. The van der Waals surface area contributed by atoms with Gasteiger partial charge in [0, 0.05) is 44.7 Å². The number of fused-ring (bicyclic) bond motifs is 1. The largest absolute Gasteiger partial charge is 0.506 e. The van der Waals surface area contributed by atoms with Crippen molar-refractivity contribution in [3.63, 3.8) is 0 Å². The molecule has 0 spiro atoms. The highest BCUT2D eigenvalue weighted by Gasteiger charge is 2.40. The van der Waals surface area contributed by atoms with E-state index in [0.29, 0.717) is 28.9 Å². The average molecular weight is 682 g/mol. The first-order valence-corrected chi connectivity index (χ1v) is 16.6. The van der Waals surface area contributed by atoms with E-state index < -0.39 is 17.7 Å².